The van der Waals surface area contributed by atoms with Gasteiger partial charge in [0.2, 0.25) is 0 Å². The van der Waals surface area contributed by atoms with Crippen LogP contribution in [0.2, 0.25) is 5.02 Å². The monoisotopic (exact) mass is 515 g/mol. The summed E-state index contributed by atoms with van der Waals surface area (Å²) in [5.41, 5.74) is -2.05. The molecule has 0 saturated heterocycles. The molecule has 2 saturated carbocycles. The number of rotatable bonds is 5. The van der Waals surface area contributed by atoms with Crippen molar-refractivity contribution in [3.8, 4) is 0 Å². The van der Waals surface area contributed by atoms with Crippen LogP contribution in [-0.4, -0.2) is 36.1 Å². The number of ketones is 1. The zero-order valence-electron chi connectivity index (χ0n) is 17.9. The number of fused-ring (bicyclic) bond motifs is 2. The predicted octanol–water partition coefficient (Wildman–Crippen LogP) is 4.29. The van der Waals surface area contributed by atoms with Crippen molar-refractivity contribution in [2.45, 2.75) is 48.4 Å². The van der Waals surface area contributed by atoms with E-state index in [2.05, 4.69) is 5.32 Å². The number of benzene rings is 2. The van der Waals surface area contributed by atoms with Crippen LogP contribution >= 0.6 is 11.6 Å². The molecule has 0 aliphatic heterocycles. The van der Waals surface area contributed by atoms with E-state index in [1.807, 2.05) is 0 Å². The number of carbonyl (C=O) groups excluding carboxylic acids is 2. The number of anilines is 1. The molecule has 182 valence electrons. The SMILES string of the molecule is CC(=O)[C@]1(O)CC2CCC(C1)[C@H]2S(=O)(=O)c1cc(C(=O)Nc2cc(F)c(F)c(F)c2)ccc1Cl. The van der Waals surface area contributed by atoms with Gasteiger partial charge in [0.1, 0.15) is 5.60 Å². The summed E-state index contributed by atoms with van der Waals surface area (Å²) in [7, 11) is -4.06. The Morgan fingerprint density at radius 1 is 1.06 bits per heavy atom. The van der Waals surface area contributed by atoms with Crippen molar-refractivity contribution in [2.75, 3.05) is 5.32 Å². The molecule has 2 fully saturated rings. The van der Waals surface area contributed by atoms with Crippen LogP contribution in [-0.2, 0) is 14.6 Å². The van der Waals surface area contributed by atoms with Gasteiger partial charge in [-0.25, -0.2) is 21.6 Å². The molecule has 34 heavy (non-hydrogen) atoms. The fourth-order valence-corrected chi connectivity index (χ4v) is 8.01. The maximum atomic E-state index is 13.6. The van der Waals surface area contributed by atoms with E-state index in [1.165, 1.54) is 19.1 Å². The smallest absolute Gasteiger partial charge is 0.255 e. The van der Waals surface area contributed by atoms with Crippen molar-refractivity contribution in [2.24, 2.45) is 11.8 Å². The van der Waals surface area contributed by atoms with Crippen molar-refractivity contribution in [1.29, 1.82) is 0 Å². The lowest BCUT2D eigenvalue weighted by atomic mass is 9.75. The first-order valence-corrected chi connectivity index (χ1v) is 12.5. The van der Waals surface area contributed by atoms with Gasteiger partial charge in [-0.3, -0.25) is 9.59 Å². The molecule has 2 atom stereocenters. The molecule has 11 heteroatoms. The molecule has 2 bridgehead atoms. The highest BCUT2D eigenvalue weighted by molar-refractivity contribution is 7.92. The molecule has 2 aliphatic carbocycles. The first kappa shape index (κ1) is 24.7. The van der Waals surface area contributed by atoms with Gasteiger partial charge >= 0.3 is 0 Å². The number of amides is 1. The molecule has 1 amide bonds. The van der Waals surface area contributed by atoms with Crippen molar-refractivity contribution in [3.63, 3.8) is 0 Å². The van der Waals surface area contributed by atoms with Gasteiger partial charge in [-0.05, 0) is 62.6 Å². The van der Waals surface area contributed by atoms with Crippen LogP contribution in [0.15, 0.2) is 35.2 Å². The minimum atomic E-state index is -4.06. The van der Waals surface area contributed by atoms with Crippen LogP contribution in [0.5, 0.6) is 0 Å². The van der Waals surface area contributed by atoms with E-state index in [4.69, 9.17) is 11.6 Å². The fraction of sp³-hybridized carbons (Fsp3) is 0.391. The Kier molecular flexibility index (Phi) is 6.28. The second-order valence-electron chi connectivity index (χ2n) is 8.96. The molecule has 2 N–H and O–H groups in total. The van der Waals surface area contributed by atoms with Gasteiger partial charge in [0, 0.05) is 23.4 Å². The molecule has 0 heterocycles. The molecule has 0 spiro atoms. The number of Topliss-reactive ketones (excluding diaryl/α,β-unsaturated/α-hetero) is 1. The highest BCUT2D eigenvalue weighted by Gasteiger charge is 2.55. The Bertz CT molecular complexity index is 1260. The number of aliphatic hydroxyl groups is 1. The van der Waals surface area contributed by atoms with E-state index < -0.39 is 61.7 Å². The zero-order chi connectivity index (χ0) is 25.0. The van der Waals surface area contributed by atoms with Gasteiger partial charge in [-0.1, -0.05) is 11.6 Å². The van der Waals surface area contributed by atoms with Crippen molar-refractivity contribution < 1.29 is 36.3 Å². The molecule has 2 unspecified atom stereocenters. The largest absolute Gasteiger partial charge is 0.382 e. The van der Waals surface area contributed by atoms with Crippen molar-refractivity contribution in [1.82, 2.24) is 0 Å². The molecule has 4 rings (SSSR count). The van der Waals surface area contributed by atoms with Gasteiger partial charge in [-0.2, -0.15) is 0 Å². The summed E-state index contributed by atoms with van der Waals surface area (Å²) in [4.78, 5) is 24.3. The number of sulfone groups is 1. The number of hydrogen-bond donors (Lipinski definition) is 2. The first-order valence-electron chi connectivity index (χ1n) is 10.6. The van der Waals surface area contributed by atoms with Crippen LogP contribution in [0.25, 0.3) is 0 Å². The maximum Gasteiger partial charge on any atom is 0.255 e. The minimum absolute atomic E-state index is 0.0300. The Balaban J connectivity index is 1.63. The van der Waals surface area contributed by atoms with Crippen molar-refractivity contribution >= 4 is 38.8 Å². The van der Waals surface area contributed by atoms with Crippen LogP contribution < -0.4 is 5.32 Å². The quantitative estimate of drug-likeness (QED) is 0.579. The summed E-state index contributed by atoms with van der Waals surface area (Å²) in [5, 5.41) is 11.9. The van der Waals surface area contributed by atoms with E-state index in [0.29, 0.717) is 25.0 Å². The van der Waals surface area contributed by atoms with Crippen LogP contribution in [0, 0.1) is 29.3 Å². The third-order valence-electron chi connectivity index (χ3n) is 6.79. The van der Waals surface area contributed by atoms with Gasteiger partial charge in [-0.15, -0.1) is 0 Å². The Labute approximate surface area is 199 Å². The number of nitrogens with one attached hydrogen (secondary N) is 1. The Morgan fingerprint density at radius 3 is 2.15 bits per heavy atom. The lowest BCUT2D eigenvalue weighted by Crippen LogP contribution is -2.49. The van der Waals surface area contributed by atoms with Gasteiger partial charge in [0.25, 0.3) is 5.91 Å². The number of halogens is 4. The predicted molar refractivity (Wildman–Crippen MR) is 118 cm³/mol. The third kappa shape index (κ3) is 4.23. The fourth-order valence-electron chi connectivity index (χ4n) is 5.16. The van der Waals surface area contributed by atoms with E-state index in [1.54, 1.807) is 0 Å². The summed E-state index contributed by atoms with van der Waals surface area (Å²) >= 11 is 6.19. The molecule has 0 aromatic heterocycles. The topological polar surface area (TPSA) is 101 Å². The second kappa shape index (κ2) is 8.66. The second-order valence-corrected chi connectivity index (χ2v) is 11.4. The number of carbonyl (C=O) groups is 2. The number of hydrogen-bond acceptors (Lipinski definition) is 5. The van der Waals surface area contributed by atoms with Crippen LogP contribution in [0.3, 0.4) is 0 Å². The lowest BCUT2D eigenvalue weighted by molar-refractivity contribution is -0.140. The van der Waals surface area contributed by atoms with Crippen molar-refractivity contribution in [3.05, 3.63) is 58.4 Å². The van der Waals surface area contributed by atoms with E-state index in [9.17, 15) is 36.3 Å². The highest BCUT2D eigenvalue weighted by Crippen LogP contribution is 2.51. The average molecular weight is 516 g/mol. The highest BCUT2D eigenvalue weighted by atomic mass is 35.5. The molecule has 2 aliphatic rings. The molecule has 0 radical (unpaired) electrons. The normalized spacial score (nSPS) is 26.4. The van der Waals surface area contributed by atoms with E-state index >= 15 is 0 Å². The van der Waals surface area contributed by atoms with Gasteiger partial charge < -0.3 is 10.4 Å². The maximum absolute atomic E-state index is 13.6. The lowest BCUT2D eigenvalue weighted by Gasteiger charge is -2.39. The summed E-state index contributed by atoms with van der Waals surface area (Å²) in [6, 6.07) is 4.75. The third-order valence-corrected chi connectivity index (χ3v) is 9.67. The van der Waals surface area contributed by atoms with Gasteiger partial charge in [0.15, 0.2) is 33.1 Å². The zero-order valence-corrected chi connectivity index (χ0v) is 19.5. The van der Waals surface area contributed by atoms with Crippen LogP contribution in [0.1, 0.15) is 43.0 Å². The van der Waals surface area contributed by atoms with E-state index in [0.717, 1.165) is 6.07 Å². The summed E-state index contributed by atoms with van der Waals surface area (Å²) in [6.45, 7) is 1.28. The Morgan fingerprint density at radius 2 is 1.62 bits per heavy atom. The minimum Gasteiger partial charge on any atom is -0.382 e. The standard InChI is InChI=1S/C23H21ClF3NO5S/c1-11(29)23(31)9-13-2-3-14(10-23)21(13)34(32,33)19-6-12(4-5-16(19)24)22(30)28-15-7-17(25)20(27)18(26)8-15/h4-8,13-14,21,31H,2-3,9-10H2,1H3,(H,28,30)/t13?,14?,21-,23-. The molecule has 2 aromatic rings. The molecule has 6 nitrogen and oxygen atoms in total. The van der Waals surface area contributed by atoms with E-state index in [-0.39, 0.29) is 34.0 Å². The summed E-state index contributed by atoms with van der Waals surface area (Å²) in [5.74, 6) is -6.84. The molecule has 2 aromatic carbocycles. The van der Waals surface area contributed by atoms with Gasteiger partial charge in [0.05, 0.1) is 15.2 Å². The molecular formula is C23H21ClF3NO5S. The first-order chi connectivity index (χ1) is 15.8. The summed E-state index contributed by atoms with van der Waals surface area (Å²) < 4.78 is 67.2. The molecular weight excluding hydrogens is 495 g/mol. The summed E-state index contributed by atoms with van der Waals surface area (Å²) in [6.07, 6.45) is 1.12. The average Bonchev–Trinajstić information content (AvgIpc) is 3.05. The Hall–Kier alpha value is -2.43. The van der Waals surface area contributed by atoms with Crippen LogP contribution in [0.4, 0.5) is 18.9 Å².